The predicted molar refractivity (Wildman–Crippen MR) is 113 cm³/mol. The number of halogens is 1. The molecule has 2 saturated heterocycles. The van der Waals surface area contributed by atoms with Gasteiger partial charge in [0.2, 0.25) is 11.8 Å². The fourth-order valence-corrected chi connectivity index (χ4v) is 4.63. The summed E-state index contributed by atoms with van der Waals surface area (Å²) in [6.45, 7) is 1.07. The quantitative estimate of drug-likeness (QED) is 0.585. The first-order chi connectivity index (χ1) is 15.8. The summed E-state index contributed by atoms with van der Waals surface area (Å²) in [5.41, 5.74) is -0.577. The number of hydrogen-bond acceptors (Lipinski definition) is 7. The lowest BCUT2D eigenvalue weighted by molar-refractivity contribution is -0.176. The van der Waals surface area contributed by atoms with E-state index in [0.29, 0.717) is 19.4 Å². The van der Waals surface area contributed by atoms with Crippen LogP contribution in [0.15, 0.2) is 18.3 Å². The van der Waals surface area contributed by atoms with E-state index in [1.54, 1.807) is 0 Å². The van der Waals surface area contributed by atoms with Gasteiger partial charge in [-0.2, -0.15) is 5.10 Å². The maximum absolute atomic E-state index is 14.2. The molecule has 1 atom stereocenters. The molecule has 4 heterocycles. The first-order valence-electron chi connectivity index (χ1n) is 11.0. The summed E-state index contributed by atoms with van der Waals surface area (Å²) in [5.74, 6) is -0.842. The first kappa shape index (κ1) is 21.8. The van der Waals surface area contributed by atoms with Gasteiger partial charge in [0.15, 0.2) is 5.82 Å². The molecule has 10 nitrogen and oxygen atoms in total. The van der Waals surface area contributed by atoms with Gasteiger partial charge in [0.25, 0.3) is 5.91 Å². The van der Waals surface area contributed by atoms with E-state index in [1.807, 2.05) is 4.90 Å². The zero-order valence-corrected chi connectivity index (χ0v) is 18.3. The Balaban J connectivity index is 1.26. The van der Waals surface area contributed by atoms with Crippen LogP contribution < -0.4 is 10.1 Å². The SMILES string of the molecule is COc1cc(-c2cc(C(=O)N3CC[C@H](C(=O)NCC4(O)COC4)CC34CC4)[nH]n2)c(F)cn1. The lowest BCUT2D eigenvalue weighted by Crippen LogP contribution is -2.58. The molecule has 2 aromatic heterocycles. The van der Waals surface area contributed by atoms with Gasteiger partial charge in [-0.25, -0.2) is 9.37 Å². The smallest absolute Gasteiger partial charge is 0.272 e. The van der Waals surface area contributed by atoms with Crippen molar-refractivity contribution < 1.29 is 28.6 Å². The molecule has 11 heteroatoms. The molecule has 5 rings (SSSR count). The third-order valence-corrected chi connectivity index (χ3v) is 6.80. The number of likely N-dealkylation sites (tertiary alicyclic amines) is 1. The molecular weight excluding hydrogens is 433 g/mol. The molecule has 2 aliphatic heterocycles. The Kier molecular flexibility index (Phi) is 5.32. The molecule has 3 N–H and O–H groups in total. The zero-order valence-electron chi connectivity index (χ0n) is 18.3. The average molecular weight is 459 g/mol. The summed E-state index contributed by atoms with van der Waals surface area (Å²) in [6, 6.07) is 2.95. The van der Waals surface area contributed by atoms with Gasteiger partial charge in [-0.1, -0.05) is 0 Å². The van der Waals surface area contributed by atoms with E-state index in [-0.39, 0.29) is 65.9 Å². The number of aromatic nitrogens is 3. The molecule has 0 unspecified atom stereocenters. The van der Waals surface area contributed by atoms with Gasteiger partial charge in [0.05, 0.1) is 38.8 Å². The Morgan fingerprint density at radius 1 is 1.39 bits per heavy atom. The summed E-state index contributed by atoms with van der Waals surface area (Å²) in [6.07, 6.45) is 3.83. The van der Waals surface area contributed by atoms with Crippen molar-refractivity contribution in [3.8, 4) is 17.1 Å². The van der Waals surface area contributed by atoms with Crippen LogP contribution in [0.4, 0.5) is 4.39 Å². The van der Waals surface area contributed by atoms with Gasteiger partial charge in [-0.05, 0) is 31.7 Å². The van der Waals surface area contributed by atoms with Crippen molar-refractivity contribution in [3.05, 3.63) is 29.8 Å². The number of carbonyl (C=O) groups excluding carboxylic acids is 2. The van der Waals surface area contributed by atoms with E-state index >= 15 is 0 Å². The zero-order chi connectivity index (χ0) is 23.2. The van der Waals surface area contributed by atoms with Crippen LogP contribution in [-0.4, -0.2) is 81.6 Å². The van der Waals surface area contributed by atoms with E-state index in [0.717, 1.165) is 19.0 Å². The number of amides is 2. The largest absolute Gasteiger partial charge is 0.481 e. The summed E-state index contributed by atoms with van der Waals surface area (Å²) in [4.78, 5) is 31.6. The Morgan fingerprint density at radius 3 is 2.85 bits per heavy atom. The van der Waals surface area contributed by atoms with E-state index < -0.39 is 11.4 Å². The summed E-state index contributed by atoms with van der Waals surface area (Å²) < 4.78 is 24.3. The monoisotopic (exact) mass is 459 g/mol. The van der Waals surface area contributed by atoms with Gasteiger partial charge in [-0.3, -0.25) is 14.7 Å². The third-order valence-electron chi connectivity index (χ3n) is 6.80. The Bertz CT molecular complexity index is 1080. The fraction of sp³-hybridized carbons (Fsp3) is 0.545. The molecule has 0 radical (unpaired) electrons. The van der Waals surface area contributed by atoms with Crippen molar-refractivity contribution in [2.75, 3.05) is 33.4 Å². The van der Waals surface area contributed by atoms with Crippen LogP contribution in [0, 0.1) is 11.7 Å². The van der Waals surface area contributed by atoms with Crippen LogP contribution in [0.5, 0.6) is 5.88 Å². The van der Waals surface area contributed by atoms with Gasteiger partial charge in [-0.15, -0.1) is 0 Å². The highest BCUT2D eigenvalue weighted by Crippen LogP contribution is 2.50. The van der Waals surface area contributed by atoms with Crippen LogP contribution in [0.2, 0.25) is 0 Å². The number of aromatic amines is 1. The highest BCUT2D eigenvalue weighted by atomic mass is 19.1. The number of rotatable bonds is 6. The minimum atomic E-state index is -0.972. The second-order valence-corrected chi connectivity index (χ2v) is 9.18. The molecule has 2 amide bonds. The number of pyridine rings is 1. The van der Waals surface area contributed by atoms with Crippen molar-refractivity contribution in [2.24, 2.45) is 5.92 Å². The number of aliphatic hydroxyl groups is 1. The van der Waals surface area contributed by atoms with E-state index in [1.165, 1.54) is 19.2 Å². The Labute approximate surface area is 189 Å². The highest BCUT2D eigenvalue weighted by Gasteiger charge is 2.54. The van der Waals surface area contributed by atoms with Crippen molar-refractivity contribution in [3.63, 3.8) is 0 Å². The first-order valence-corrected chi connectivity index (χ1v) is 11.0. The Hall–Kier alpha value is -3.05. The third kappa shape index (κ3) is 4.06. The number of carbonyl (C=O) groups is 2. The van der Waals surface area contributed by atoms with Crippen LogP contribution >= 0.6 is 0 Å². The number of piperidine rings is 1. The van der Waals surface area contributed by atoms with Crippen molar-refractivity contribution >= 4 is 11.8 Å². The average Bonchev–Trinajstić information content (AvgIpc) is 3.37. The Morgan fingerprint density at radius 2 is 2.18 bits per heavy atom. The second-order valence-electron chi connectivity index (χ2n) is 9.18. The predicted octanol–water partition coefficient (Wildman–Crippen LogP) is 0.882. The van der Waals surface area contributed by atoms with Crippen LogP contribution in [-0.2, 0) is 9.53 Å². The molecule has 3 aliphatic rings. The van der Waals surface area contributed by atoms with E-state index in [9.17, 15) is 19.1 Å². The highest BCUT2D eigenvalue weighted by molar-refractivity contribution is 5.94. The molecule has 0 bridgehead atoms. The van der Waals surface area contributed by atoms with Gasteiger partial charge in [0.1, 0.15) is 11.3 Å². The molecule has 0 aromatic carbocycles. The number of methoxy groups -OCH3 is 1. The minimum Gasteiger partial charge on any atom is -0.481 e. The number of nitrogens with zero attached hydrogens (tertiary/aromatic N) is 3. The fourth-order valence-electron chi connectivity index (χ4n) is 4.63. The molecule has 176 valence electrons. The minimum absolute atomic E-state index is 0.0976. The molecule has 1 aliphatic carbocycles. The van der Waals surface area contributed by atoms with Crippen molar-refractivity contribution in [2.45, 2.75) is 36.8 Å². The number of ether oxygens (including phenoxy) is 2. The second kappa shape index (κ2) is 8.07. The maximum atomic E-state index is 14.2. The maximum Gasteiger partial charge on any atom is 0.272 e. The molecular formula is C22H26FN5O5. The lowest BCUT2D eigenvalue weighted by atomic mass is 9.87. The van der Waals surface area contributed by atoms with Crippen LogP contribution in [0.25, 0.3) is 11.3 Å². The van der Waals surface area contributed by atoms with Gasteiger partial charge in [0, 0.05) is 29.6 Å². The molecule has 3 fully saturated rings. The normalized spacial score (nSPS) is 22.5. The van der Waals surface area contributed by atoms with E-state index in [4.69, 9.17) is 9.47 Å². The van der Waals surface area contributed by atoms with Crippen LogP contribution in [0.1, 0.15) is 36.2 Å². The van der Waals surface area contributed by atoms with Crippen LogP contribution in [0.3, 0.4) is 0 Å². The molecule has 1 spiro atoms. The number of nitrogens with one attached hydrogen (secondary N) is 2. The topological polar surface area (TPSA) is 130 Å². The lowest BCUT2D eigenvalue weighted by Gasteiger charge is -2.40. The van der Waals surface area contributed by atoms with Gasteiger partial charge < -0.3 is 24.8 Å². The number of H-pyrrole nitrogens is 1. The van der Waals surface area contributed by atoms with Crippen molar-refractivity contribution in [1.82, 2.24) is 25.4 Å². The van der Waals surface area contributed by atoms with Gasteiger partial charge >= 0.3 is 0 Å². The standard InChI is InChI=1S/C22H26FN5O5/c1-32-18-6-14(15(23)9-24-18)16-7-17(27-26-16)20(30)28-5-2-13(8-21(28)3-4-21)19(29)25-10-22(31)11-33-12-22/h6-7,9,13,31H,2-5,8,10-12H2,1H3,(H,25,29)(H,26,27)/t13-/m0/s1. The number of hydrogen-bond donors (Lipinski definition) is 3. The molecule has 2 aromatic rings. The summed E-state index contributed by atoms with van der Waals surface area (Å²) in [7, 11) is 1.44. The van der Waals surface area contributed by atoms with Crippen molar-refractivity contribution in [1.29, 1.82) is 0 Å². The summed E-state index contributed by atoms with van der Waals surface area (Å²) >= 11 is 0. The summed E-state index contributed by atoms with van der Waals surface area (Å²) in [5, 5.41) is 19.8. The molecule has 33 heavy (non-hydrogen) atoms. The molecule has 1 saturated carbocycles. The van der Waals surface area contributed by atoms with E-state index in [2.05, 4.69) is 20.5 Å².